The van der Waals surface area contributed by atoms with Crippen molar-refractivity contribution in [3.8, 4) is 0 Å². The van der Waals surface area contributed by atoms with Crippen molar-refractivity contribution in [2.24, 2.45) is 11.3 Å². The molecule has 0 bridgehead atoms. The van der Waals surface area contributed by atoms with Crippen LogP contribution in [0.3, 0.4) is 0 Å². The SMILES string of the molecule is Cc1cc(C(CC(C)C(C)(C)C)NC(C)C)c(F)cc1F. The zero-order chi connectivity index (χ0) is 16.4. The molecule has 1 nitrogen and oxygen atoms in total. The predicted octanol–water partition coefficient (Wildman–Crippen LogP) is 5.38. The summed E-state index contributed by atoms with van der Waals surface area (Å²) in [4.78, 5) is 0. The van der Waals surface area contributed by atoms with Crippen LogP contribution in [-0.4, -0.2) is 6.04 Å². The minimum atomic E-state index is -0.483. The maximum absolute atomic E-state index is 14.2. The summed E-state index contributed by atoms with van der Waals surface area (Å²) in [6.45, 7) is 14.5. The average molecular weight is 297 g/mol. The second-order valence-electron chi connectivity index (χ2n) is 7.50. The number of hydrogen-bond acceptors (Lipinski definition) is 1. The van der Waals surface area contributed by atoms with Gasteiger partial charge in [0, 0.05) is 23.7 Å². The van der Waals surface area contributed by atoms with E-state index in [0.29, 0.717) is 17.0 Å². The molecule has 1 aromatic carbocycles. The van der Waals surface area contributed by atoms with E-state index in [9.17, 15) is 8.78 Å². The van der Waals surface area contributed by atoms with Crippen LogP contribution in [0.1, 0.15) is 65.1 Å². The molecule has 0 amide bonds. The van der Waals surface area contributed by atoms with E-state index >= 15 is 0 Å². The Morgan fingerprint density at radius 1 is 1.05 bits per heavy atom. The Morgan fingerprint density at radius 2 is 1.62 bits per heavy atom. The van der Waals surface area contributed by atoms with Crippen LogP contribution in [-0.2, 0) is 0 Å². The predicted molar refractivity (Wildman–Crippen MR) is 85.3 cm³/mol. The van der Waals surface area contributed by atoms with E-state index in [1.807, 2.05) is 13.8 Å². The van der Waals surface area contributed by atoms with E-state index in [0.717, 1.165) is 12.5 Å². The summed E-state index contributed by atoms with van der Waals surface area (Å²) in [6, 6.07) is 2.78. The summed E-state index contributed by atoms with van der Waals surface area (Å²) >= 11 is 0. The molecule has 120 valence electrons. The molecule has 1 aromatic rings. The molecule has 3 heteroatoms. The molecular formula is C18H29F2N. The molecule has 0 fully saturated rings. The zero-order valence-corrected chi connectivity index (χ0v) is 14.3. The van der Waals surface area contributed by atoms with Gasteiger partial charge < -0.3 is 5.32 Å². The lowest BCUT2D eigenvalue weighted by Gasteiger charge is -2.32. The van der Waals surface area contributed by atoms with Gasteiger partial charge in [0.2, 0.25) is 0 Å². The van der Waals surface area contributed by atoms with Crippen LogP contribution in [0, 0.1) is 29.9 Å². The van der Waals surface area contributed by atoms with E-state index in [4.69, 9.17) is 0 Å². The Hall–Kier alpha value is -0.960. The number of benzene rings is 1. The molecule has 0 radical (unpaired) electrons. The fourth-order valence-corrected chi connectivity index (χ4v) is 2.34. The second kappa shape index (κ2) is 6.87. The van der Waals surface area contributed by atoms with Crippen LogP contribution in [0.2, 0.25) is 0 Å². The summed E-state index contributed by atoms with van der Waals surface area (Å²) < 4.78 is 27.7. The quantitative estimate of drug-likeness (QED) is 0.769. The number of hydrogen-bond donors (Lipinski definition) is 1. The Balaban J connectivity index is 3.11. The highest BCUT2D eigenvalue weighted by atomic mass is 19.1. The maximum Gasteiger partial charge on any atom is 0.130 e. The van der Waals surface area contributed by atoms with Crippen molar-refractivity contribution in [1.82, 2.24) is 5.32 Å². The first kappa shape index (κ1) is 18.1. The zero-order valence-electron chi connectivity index (χ0n) is 14.3. The van der Waals surface area contributed by atoms with E-state index in [1.54, 1.807) is 13.0 Å². The monoisotopic (exact) mass is 297 g/mol. The van der Waals surface area contributed by atoms with Gasteiger partial charge in [0.1, 0.15) is 11.6 Å². The number of rotatable bonds is 5. The molecule has 21 heavy (non-hydrogen) atoms. The summed E-state index contributed by atoms with van der Waals surface area (Å²) in [6.07, 6.45) is 0.823. The van der Waals surface area contributed by atoms with Crippen LogP contribution in [0.4, 0.5) is 8.78 Å². The van der Waals surface area contributed by atoms with Gasteiger partial charge >= 0.3 is 0 Å². The molecule has 0 aliphatic heterocycles. The fraction of sp³-hybridized carbons (Fsp3) is 0.667. The highest BCUT2D eigenvalue weighted by Gasteiger charge is 2.26. The standard InChI is InChI=1S/C18H29F2N/c1-11(2)21-17(9-13(4)18(5,6)7)14-8-12(3)15(19)10-16(14)20/h8,10-11,13,17,21H,9H2,1-7H3. The van der Waals surface area contributed by atoms with Crippen LogP contribution in [0.15, 0.2) is 12.1 Å². The number of aryl methyl sites for hydroxylation is 1. The van der Waals surface area contributed by atoms with Crippen LogP contribution in [0.5, 0.6) is 0 Å². The van der Waals surface area contributed by atoms with Crippen molar-refractivity contribution in [3.63, 3.8) is 0 Å². The number of nitrogens with one attached hydrogen (secondary N) is 1. The summed E-state index contributed by atoms with van der Waals surface area (Å²) in [5, 5.41) is 3.42. The van der Waals surface area contributed by atoms with Crippen molar-refractivity contribution in [3.05, 3.63) is 34.9 Å². The third kappa shape index (κ3) is 5.06. The largest absolute Gasteiger partial charge is 0.308 e. The summed E-state index contributed by atoms with van der Waals surface area (Å²) in [5.41, 5.74) is 1.21. The Bertz CT molecular complexity index is 475. The molecule has 2 unspecified atom stereocenters. The van der Waals surface area contributed by atoms with Crippen LogP contribution in [0.25, 0.3) is 0 Å². The van der Waals surface area contributed by atoms with Gasteiger partial charge in [-0.2, -0.15) is 0 Å². The highest BCUT2D eigenvalue weighted by Crippen LogP contribution is 2.34. The smallest absolute Gasteiger partial charge is 0.130 e. The van der Waals surface area contributed by atoms with Gasteiger partial charge in [0.05, 0.1) is 0 Å². The molecule has 0 heterocycles. The lowest BCUT2D eigenvalue weighted by Crippen LogP contribution is -2.32. The fourth-order valence-electron chi connectivity index (χ4n) is 2.34. The Kier molecular flexibility index (Phi) is 5.92. The van der Waals surface area contributed by atoms with Gasteiger partial charge in [0.15, 0.2) is 0 Å². The summed E-state index contributed by atoms with van der Waals surface area (Å²) in [5.74, 6) is -0.528. The first-order valence-corrected chi connectivity index (χ1v) is 7.74. The van der Waals surface area contributed by atoms with Crippen molar-refractivity contribution in [2.45, 2.75) is 67.0 Å². The molecule has 1 rings (SSSR count). The van der Waals surface area contributed by atoms with Crippen LogP contribution < -0.4 is 5.32 Å². The lowest BCUT2D eigenvalue weighted by molar-refractivity contribution is 0.218. The molecule has 0 saturated heterocycles. The lowest BCUT2D eigenvalue weighted by atomic mass is 9.77. The normalized spacial score (nSPS) is 15.3. The summed E-state index contributed by atoms with van der Waals surface area (Å²) in [7, 11) is 0. The topological polar surface area (TPSA) is 12.0 Å². The van der Waals surface area contributed by atoms with Crippen molar-refractivity contribution in [2.75, 3.05) is 0 Å². The Labute approximate surface area is 128 Å². The van der Waals surface area contributed by atoms with Gasteiger partial charge in [0.25, 0.3) is 0 Å². The van der Waals surface area contributed by atoms with E-state index in [-0.39, 0.29) is 17.5 Å². The third-order valence-corrected chi connectivity index (χ3v) is 4.26. The molecule has 1 N–H and O–H groups in total. The first-order chi connectivity index (χ1) is 9.52. The minimum absolute atomic E-state index is 0.0986. The molecular weight excluding hydrogens is 268 g/mol. The third-order valence-electron chi connectivity index (χ3n) is 4.26. The maximum atomic E-state index is 14.2. The highest BCUT2D eigenvalue weighted by molar-refractivity contribution is 5.28. The van der Waals surface area contributed by atoms with Gasteiger partial charge in [-0.25, -0.2) is 8.78 Å². The average Bonchev–Trinajstić information content (AvgIpc) is 2.31. The van der Waals surface area contributed by atoms with Gasteiger partial charge in [-0.05, 0) is 36.3 Å². The van der Waals surface area contributed by atoms with E-state index < -0.39 is 11.6 Å². The van der Waals surface area contributed by atoms with Gasteiger partial charge in [-0.1, -0.05) is 41.5 Å². The molecule has 0 aliphatic carbocycles. The molecule has 0 aliphatic rings. The van der Waals surface area contributed by atoms with Crippen molar-refractivity contribution < 1.29 is 8.78 Å². The van der Waals surface area contributed by atoms with E-state index in [1.165, 1.54) is 0 Å². The van der Waals surface area contributed by atoms with Gasteiger partial charge in [-0.3, -0.25) is 0 Å². The Morgan fingerprint density at radius 3 is 2.10 bits per heavy atom. The number of halogens is 2. The van der Waals surface area contributed by atoms with Crippen molar-refractivity contribution >= 4 is 0 Å². The van der Waals surface area contributed by atoms with Gasteiger partial charge in [-0.15, -0.1) is 0 Å². The van der Waals surface area contributed by atoms with E-state index in [2.05, 4.69) is 33.0 Å². The second-order valence-corrected chi connectivity index (χ2v) is 7.50. The molecule has 0 saturated carbocycles. The first-order valence-electron chi connectivity index (χ1n) is 7.74. The molecule has 0 aromatic heterocycles. The van der Waals surface area contributed by atoms with Crippen molar-refractivity contribution in [1.29, 1.82) is 0 Å². The van der Waals surface area contributed by atoms with Crippen LogP contribution >= 0.6 is 0 Å². The molecule has 2 atom stereocenters. The minimum Gasteiger partial charge on any atom is -0.308 e. The molecule has 0 spiro atoms.